The third-order valence-corrected chi connectivity index (χ3v) is 7.14. The van der Waals surface area contributed by atoms with Crippen LogP contribution in [0.1, 0.15) is 20.3 Å². The predicted molar refractivity (Wildman–Crippen MR) is 66.1 cm³/mol. The van der Waals surface area contributed by atoms with E-state index in [9.17, 15) is 0 Å². The highest BCUT2D eigenvalue weighted by atomic mass is 32.2. The first kappa shape index (κ1) is 10.5. The lowest BCUT2D eigenvalue weighted by atomic mass is 10.2. The Balaban J connectivity index is 1.82. The molecule has 15 heavy (non-hydrogen) atoms. The van der Waals surface area contributed by atoms with Crippen molar-refractivity contribution >= 4 is 22.7 Å². The summed E-state index contributed by atoms with van der Waals surface area (Å²) in [5, 5.41) is 0. The average Bonchev–Trinajstić information content (AvgIpc) is 2.46. The molecule has 3 heterocycles. The van der Waals surface area contributed by atoms with Gasteiger partial charge in [-0.05, 0) is 13.8 Å². The van der Waals surface area contributed by atoms with E-state index in [0.29, 0.717) is 17.0 Å². The van der Waals surface area contributed by atoms with Crippen LogP contribution >= 0.6 is 11.8 Å². The van der Waals surface area contributed by atoms with Crippen LogP contribution in [-0.4, -0.2) is 35.3 Å². The van der Waals surface area contributed by atoms with E-state index in [0.717, 1.165) is 0 Å². The highest BCUT2D eigenvalue weighted by Gasteiger charge is 2.49. The van der Waals surface area contributed by atoms with E-state index in [1.165, 1.54) is 23.7 Å². The lowest BCUT2D eigenvalue weighted by molar-refractivity contribution is -0.140. The summed E-state index contributed by atoms with van der Waals surface area (Å²) < 4.78 is 13.4. The molecule has 0 spiro atoms. The lowest BCUT2D eigenvalue weighted by Crippen LogP contribution is -2.37. The fraction of sp³-hybridized carbons (Fsp3) is 0.818. The molecule has 0 N–H and O–H groups in total. The summed E-state index contributed by atoms with van der Waals surface area (Å²) in [6.45, 7) is 4.04. The number of rotatable bonds is 0. The van der Waals surface area contributed by atoms with Crippen molar-refractivity contribution in [2.75, 3.05) is 17.3 Å². The Morgan fingerprint density at radius 1 is 1.47 bits per heavy atom. The number of thioether (sulfide) groups is 1. The van der Waals surface area contributed by atoms with Crippen LogP contribution in [0, 0.1) is 0 Å². The van der Waals surface area contributed by atoms with Crippen molar-refractivity contribution < 1.29 is 9.47 Å². The van der Waals surface area contributed by atoms with E-state index in [1.807, 2.05) is 25.6 Å². The predicted octanol–water partition coefficient (Wildman–Crippen LogP) is 2.12. The van der Waals surface area contributed by atoms with Gasteiger partial charge < -0.3 is 9.47 Å². The second-order valence-corrected chi connectivity index (χ2v) is 8.25. The molecule has 3 aliphatic rings. The Kier molecular flexibility index (Phi) is 2.58. The van der Waals surface area contributed by atoms with Crippen molar-refractivity contribution in [1.29, 1.82) is 0 Å². The first-order valence-electron chi connectivity index (χ1n) is 5.52. The third kappa shape index (κ3) is 1.97. The zero-order valence-corrected chi connectivity index (χ0v) is 10.8. The maximum atomic E-state index is 5.93. The highest BCUT2D eigenvalue weighted by molar-refractivity contribution is 8.21. The molecule has 0 aromatic rings. The third-order valence-electron chi connectivity index (χ3n) is 2.95. The Labute approximate surface area is 98.1 Å². The molecule has 0 aromatic carbocycles. The summed E-state index contributed by atoms with van der Waals surface area (Å²) in [6.07, 6.45) is 4.22. The topological polar surface area (TPSA) is 18.5 Å². The van der Waals surface area contributed by atoms with Crippen molar-refractivity contribution in [3.8, 4) is 0 Å². The molecule has 0 amide bonds. The van der Waals surface area contributed by atoms with Gasteiger partial charge >= 0.3 is 0 Å². The summed E-state index contributed by atoms with van der Waals surface area (Å²) in [4.78, 5) is 0. The van der Waals surface area contributed by atoms with Crippen LogP contribution < -0.4 is 0 Å². The summed E-state index contributed by atoms with van der Waals surface area (Å²) in [6, 6.07) is 0. The number of ether oxygens (including phenoxy) is 2. The summed E-state index contributed by atoms with van der Waals surface area (Å²) >= 11 is 2.03. The molecule has 3 rings (SSSR count). The van der Waals surface area contributed by atoms with Crippen molar-refractivity contribution in [1.82, 2.24) is 0 Å². The molecule has 2 nitrogen and oxygen atoms in total. The van der Waals surface area contributed by atoms with Crippen LogP contribution in [0.2, 0.25) is 0 Å². The molecule has 0 aromatic heterocycles. The minimum Gasteiger partial charge on any atom is -0.340 e. The van der Waals surface area contributed by atoms with E-state index in [-0.39, 0.29) is 11.9 Å². The molecule has 2 saturated heterocycles. The average molecular weight is 245 g/mol. The fourth-order valence-electron chi connectivity index (χ4n) is 2.37. The molecule has 0 radical (unpaired) electrons. The van der Waals surface area contributed by atoms with E-state index in [1.54, 1.807) is 4.24 Å². The smallest absolute Gasteiger partial charge is 0.187 e. The van der Waals surface area contributed by atoms with Crippen LogP contribution in [-0.2, 0) is 20.4 Å². The van der Waals surface area contributed by atoms with Gasteiger partial charge in [-0.2, -0.15) is 0 Å². The van der Waals surface area contributed by atoms with Gasteiger partial charge in [0.15, 0.2) is 10.0 Å². The van der Waals surface area contributed by atoms with Crippen LogP contribution in [0.4, 0.5) is 0 Å². The standard InChI is InChI=1S/C11H17O2S2/c1-11(2)12-8-6-10-14-4-3-5-15(10)7-9(8)13-11/h6,8-9H,3-5,7H2,1-2H3/q+1/t8-,9+,15?/m1/s1. The fourth-order valence-corrected chi connectivity index (χ4v) is 6.64. The first-order valence-corrected chi connectivity index (χ1v) is 8.07. The normalized spacial score (nSPS) is 43.1. The van der Waals surface area contributed by atoms with Gasteiger partial charge in [-0.25, -0.2) is 0 Å². The molecule has 1 unspecified atom stereocenters. The number of hydrogen-bond donors (Lipinski definition) is 0. The Hall–Kier alpha value is 0.360. The maximum Gasteiger partial charge on any atom is 0.187 e. The Bertz CT molecular complexity index is 301. The van der Waals surface area contributed by atoms with E-state index in [2.05, 4.69) is 6.08 Å². The van der Waals surface area contributed by atoms with E-state index in [4.69, 9.17) is 9.47 Å². The second kappa shape index (κ2) is 3.69. The van der Waals surface area contributed by atoms with Crippen molar-refractivity contribution in [2.45, 2.75) is 38.3 Å². The summed E-state index contributed by atoms with van der Waals surface area (Å²) in [5.41, 5.74) is 0. The summed E-state index contributed by atoms with van der Waals surface area (Å²) in [7, 11) is 0.473. The Morgan fingerprint density at radius 2 is 2.33 bits per heavy atom. The zero-order valence-electron chi connectivity index (χ0n) is 9.19. The molecule has 2 fully saturated rings. The van der Waals surface area contributed by atoms with Crippen molar-refractivity contribution in [3.05, 3.63) is 10.3 Å². The van der Waals surface area contributed by atoms with Crippen LogP contribution in [0.25, 0.3) is 0 Å². The van der Waals surface area contributed by atoms with Gasteiger partial charge in [0.25, 0.3) is 0 Å². The molecular weight excluding hydrogens is 228 g/mol. The van der Waals surface area contributed by atoms with Gasteiger partial charge in [0.05, 0.1) is 0 Å². The molecule has 3 aliphatic heterocycles. The molecular formula is C11H17O2S2+. The molecule has 0 aliphatic carbocycles. The molecule has 0 saturated carbocycles. The van der Waals surface area contributed by atoms with Crippen LogP contribution in [0.5, 0.6) is 0 Å². The monoisotopic (exact) mass is 245 g/mol. The number of hydrogen-bond acceptors (Lipinski definition) is 3. The Morgan fingerprint density at radius 3 is 3.20 bits per heavy atom. The van der Waals surface area contributed by atoms with Gasteiger partial charge in [-0.1, -0.05) is 11.8 Å². The maximum absolute atomic E-state index is 5.93. The van der Waals surface area contributed by atoms with Crippen molar-refractivity contribution in [3.63, 3.8) is 0 Å². The second-order valence-electron chi connectivity index (χ2n) is 4.69. The number of fused-ring (bicyclic) bond motifs is 2. The van der Waals surface area contributed by atoms with Crippen LogP contribution in [0.3, 0.4) is 0 Å². The van der Waals surface area contributed by atoms with E-state index < -0.39 is 0 Å². The van der Waals surface area contributed by atoms with Gasteiger partial charge in [-0.3, -0.25) is 0 Å². The molecule has 3 atom stereocenters. The van der Waals surface area contributed by atoms with Gasteiger partial charge in [0.1, 0.15) is 23.7 Å². The van der Waals surface area contributed by atoms with Crippen molar-refractivity contribution in [2.24, 2.45) is 0 Å². The molecule has 4 heteroatoms. The molecule has 0 bridgehead atoms. The zero-order chi connectivity index (χ0) is 10.5. The van der Waals surface area contributed by atoms with Gasteiger partial charge in [0.2, 0.25) is 0 Å². The van der Waals surface area contributed by atoms with Gasteiger partial charge in [0, 0.05) is 29.1 Å². The largest absolute Gasteiger partial charge is 0.340 e. The lowest BCUT2D eigenvalue weighted by Gasteiger charge is -2.24. The van der Waals surface area contributed by atoms with Gasteiger partial charge in [-0.15, -0.1) is 0 Å². The molecule has 84 valence electrons. The first-order chi connectivity index (χ1) is 7.14. The minimum atomic E-state index is -0.380. The summed E-state index contributed by atoms with van der Waals surface area (Å²) in [5.74, 6) is 3.46. The SMILES string of the molecule is CC1(C)O[C@H]2C[S+]3CCCSC3=C[C@H]2O1. The highest BCUT2D eigenvalue weighted by Crippen LogP contribution is 2.41. The van der Waals surface area contributed by atoms with Crippen LogP contribution in [0.15, 0.2) is 10.3 Å². The quantitative estimate of drug-likeness (QED) is 0.609. The van der Waals surface area contributed by atoms with E-state index >= 15 is 0 Å². The minimum absolute atomic E-state index is 0.212.